The van der Waals surface area contributed by atoms with Crippen molar-refractivity contribution in [3.63, 3.8) is 0 Å². The summed E-state index contributed by atoms with van der Waals surface area (Å²) >= 11 is 0. The van der Waals surface area contributed by atoms with Gasteiger partial charge >= 0.3 is 0 Å². The minimum absolute atomic E-state index is 0.309. The first kappa shape index (κ1) is 12.0. The Morgan fingerprint density at radius 1 is 1.24 bits per heavy atom. The molecule has 6 heteroatoms. The van der Waals surface area contributed by atoms with Gasteiger partial charge in [0.2, 0.25) is 5.82 Å². The third-order valence-corrected chi connectivity index (χ3v) is 3.42. The molecular formula is C15H13N3O3. The number of aryl methyl sites for hydroxylation is 1. The van der Waals surface area contributed by atoms with E-state index in [0.29, 0.717) is 24.0 Å². The first-order valence-corrected chi connectivity index (χ1v) is 6.69. The summed E-state index contributed by atoms with van der Waals surface area (Å²) in [5.41, 5.74) is 1.94. The van der Waals surface area contributed by atoms with E-state index in [2.05, 4.69) is 15.5 Å². The summed E-state index contributed by atoms with van der Waals surface area (Å²) in [7, 11) is 0. The number of nitrogens with one attached hydrogen (secondary N) is 1. The summed E-state index contributed by atoms with van der Waals surface area (Å²) in [6.45, 7) is 2.51. The van der Waals surface area contributed by atoms with Gasteiger partial charge in [0.05, 0.1) is 18.5 Å². The summed E-state index contributed by atoms with van der Waals surface area (Å²) < 4.78 is 16.6. The number of benzene rings is 1. The van der Waals surface area contributed by atoms with Crippen molar-refractivity contribution in [1.82, 2.24) is 10.1 Å². The fraction of sp³-hybridized carbons (Fsp3) is 0.200. The van der Waals surface area contributed by atoms with Crippen molar-refractivity contribution >= 4 is 5.69 Å². The topological polar surface area (TPSA) is 73.3 Å². The van der Waals surface area contributed by atoms with Gasteiger partial charge in [0, 0.05) is 0 Å². The Labute approximate surface area is 120 Å². The number of nitrogens with zero attached hydrogens (tertiary/aromatic N) is 2. The third-order valence-electron chi connectivity index (χ3n) is 3.42. The standard InChI is InChI=1S/C15H13N3O3/c1-9-6-7-19-13(9)14-17-15(21-18-14)12-8-16-10-4-2-3-5-11(10)20-12/h2-7,12,16H,8H2,1H3. The van der Waals surface area contributed by atoms with E-state index < -0.39 is 0 Å². The largest absolute Gasteiger partial charge is 0.477 e. The molecule has 0 aliphatic carbocycles. The quantitative estimate of drug-likeness (QED) is 0.778. The molecule has 0 fully saturated rings. The van der Waals surface area contributed by atoms with E-state index >= 15 is 0 Å². The van der Waals surface area contributed by atoms with Gasteiger partial charge in [-0.25, -0.2) is 0 Å². The first-order valence-electron chi connectivity index (χ1n) is 6.69. The number of furan rings is 1. The fourth-order valence-electron chi connectivity index (χ4n) is 2.31. The van der Waals surface area contributed by atoms with Crippen LogP contribution >= 0.6 is 0 Å². The summed E-state index contributed by atoms with van der Waals surface area (Å²) in [5.74, 6) is 2.27. The Balaban J connectivity index is 1.61. The highest BCUT2D eigenvalue weighted by Gasteiger charge is 2.26. The second-order valence-corrected chi connectivity index (χ2v) is 4.87. The molecule has 3 aromatic rings. The molecule has 0 saturated heterocycles. The van der Waals surface area contributed by atoms with Crippen molar-refractivity contribution in [2.75, 3.05) is 11.9 Å². The van der Waals surface area contributed by atoms with Crippen molar-refractivity contribution < 1.29 is 13.7 Å². The number of hydrogen-bond donors (Lipinski definition) is 1. The molecule has 1 aliphatic rings. The van der Waals surface area contributed by atoms with Crippen molar-refractivity contribution in [2.24, 2.45) is 0 Å². The monoisotopic (exact) mass is 283 g/mol. The lowest BCUT2D eigenvalue weighted by molar-refractivity contribution is 0.163. The highest BCUT2D eigenvalue weighted by Crippen LogP contribution is 2.33. The maximum Gasteiger partial charge on any atom is 0.269 e. The number of rotatable bonds is 2. The van der Waals surface area contributed by atoms with Crippen molar-refractivity contribution in [3.8, 4) is 17.3 Å². The molecule has 1 unspecified atom stereocenters. The van der Waals surface area contributed by atoms with Crippen LogP contribution in [-0.2, 0) is 0 Å². The molecule has 0 bridgehead atoms. The van der Waals surface area contributed by atoms with E-state index in [4.69, 9.17) is 13.7 Å². The maximum atomic E-state index is 5.89. The molecule has 0 radical (unpaired) electrons. The summed E-state index contributed by atoms with van der Waals surface area (Å²) in [6, 6.07) is 9.62. The van der Waals surface area contributed by atoms with Gasteiger partial charge in [0.1, 0.15) is 5.75 Å². The van der Waals surface area contributed by atoms with Crippen molar-refractivity contribution in [3.05, 3.63) is 48.0 Å². The number of anilines is 1. The van der Waals surface area contributed by atoms with Gasteiger partial charge in [-0.15, -0.1) is 0 Å². The van der Waals surface area contributed by atoms with Gasteiger partial charge in [0.25, 0.3) is 5.89 Å². The fourth-order valence-corrected chi connectivity index (χ4v) is 2.31. The highest BCUT2D eigenvalue weighted by molar-refractivity contribution is 5.58. The lowest BCUT2D eigenvalue weighted by Crippen LogP contribution is -2.23. The highest BCUT2D eigenvalue weighted by atomic mass is 16.5. The summed E-state index contributed by atoms with van der Waals surface area (Å²) in [4.78, 5) is 4.37. The molecule has 1 atom stereocenters. The van der Waals surface area contributed by atoms with Crippen LogP contribution in [-0.4, -0.2) is 16.7 Å². The van der Waals surface area contributed by atoms with E-state index in [1.165, 1.54) is 0 Å². The number of para-hydroxylation sites is 2. The van der Waals surface area contributed by atoms with E-state index in [9.17, 15) is 0 Å². The molecule has 4 rings (SSSR count). The van der Waals surface area contributed by atoms with Crippen LogP contribution in [0.25, 0.3) is 11.6 Å². The minimum Gasteiger partial charge on any atom is -0.477 e. The second kappa shape index (κ2) is 4.66. The Morgan fingerprint density at radius 3 is 3.00 bits per heavy atom. The molecule has 1 aromatic carbocycles. The van der Waals surface area contributed by atoms with E-state index in [1.54, 1.807) is 6.26 Å². The summed E-state index contributed by atoms with van der Waals surface area (Å²) in [5, 5.41) is 7.25. The molecule has 3 heterocycles. The first-order chi connectivity index (χ1) is 10.3. The Kier molecular flexibility index (Phi) is 2.67. The van der Waals surface area contributed by atoms with Gasteiger partial charge in [-0.3, -0.25) is 0 Å². The number of ether oxygens (including phenoxy) is 1. The average Bonchev–Trinajstić information content (AvgIpc) is 3.15. The molecule has 0 spiro atoms. The van der Waals surface area contributed by atoms with Crippen LogP contribution in [0, 0.1) is 6.92 Å². The van der Waals surface area contributed by atoms with Crippen molar-refractivity contribution in [1.29, 1.82) is 0 Å². The second-order valence-electron chi connectivity index (χ2n) is 4.87. The van der Waals surface area contributed by atoms with Gasteiger partial charge < -0.3 is 19.0 Å². The smallest absolute Gasteiger partial charge is 0.269 e. The zero-order valence-electron chi connectivity index (χ0n) is 11.4. The van der Waals surface area contributed by atoms with Gasteiger partial charge in [0.15, 0.2) is 11.9 Å². The molecular weight excluding hydrogens is 270 g/mol. The van der Waals surface area contributed by atoms with Crippen LogP contribution in [0.5, 0.6) is 5.75 Å². The zero-order valence-corrected chi connectivity index (χ0v) is 11.4. The Hall–Kier alpha value is -2.76. The molecule has 0 saturated carbocycles. The number of fused-ring (bicyclic) bond motifs is 1. The molecule has 21 heavy (non-hydrogen) atoms. The van der Waals surface area contributed by atoms with Crippen LogP contribution in [0.4, 0.5) is 5.69 Å². The predicted molar refractivity (Wildman–Crippen MR) is 75.0 cm³/mol. The third kappa shape index (κ3) is 2.05. The van der Waals surface area contributed by atoms with Crippen molar-refractivity contribution in [2.45, 2.75) is 13.0 Å². The van der Waals surface area contributed by atoms with Gasteiger partial charge in [-0.1, -0.05) is 17.3 Å². The number of hydrogen-bond acceptors (Lipinski definition) is 6. The minimum atomic E-state index is -0.309. The molecule has 6 nitrogen and oxygen atoms in total. The molecule has 2 aromatic heterocycles. The zero-order chi connectivity index (χ0) is 14.2. The number of aromatic nitrogens is 2. The Bertz CT molecular complexity index is 778. The van der Waals surface area contributed by atoms with E-state index in [1.807, 2.05) is 37.3 Å². The molecule has 1 N–H and O–H groups in total. The molecule has 1 aliphatic heterocycles. The molecule has 0 amide bonds. The van der Waals surface area contributed by atoms with Gasteiger partial charge in [-0.05, 0) is 30.7 Å². The average molecular weight is 283 g/mol. The predicted octanol–water partition coefficient (Wildman–Crippen LogP) is 3.18. The normalized spacial score (nSPS) is 16.9. The van der Waals surface area contributed by atoms with Crippen LogP contribution in [0.15, 0.2) is 45.5 Å². The van der Waals surface area contributed by atoms with Crippen LogP contribution in [0.3, 0.4) is 0 Å². The summed E-state index contributed by atoms with van der Waals surface area (Å²) in [6.07, 6.45) is 1.30. The lowest BCUT2D eigenvalue weighted by Gasteiger charge is -2.24. The SMILES string of the molecule is Cc1ccoc1-c1noc(C2CNc3ccccc3O2)n1. The molecule has 106 valence electrons. The van der Waals surface area contributed by atoms with Crippen LogP contribution < -0.4 is 10.1 Å². The van der Waals surface area contributed by atoms with Gasteiger partial charge in [-0.2, -0.15) is 4.98 Å². The van der Waals surface area contributed by atoms with E-state index in [0.717, 1.165) is 17.0 Å². The van der Waals surface area contributed by atoms with Crippen LogP contribution in [0.1, 0.15) is 17.6 Å². The Morgan fingerprint density at radius 2 is 2.14 bits per heavy atom. The lowest BCUT2D eigenvalue weighted by atomic mass is 10.2. The van der Waals surface area contributed by atoms with E-state index in [-0.39, 0.29) is 6.10 Å². The van der Waals surface area contributed by atoms with Crippen LogP contribution in [0.2, 0.25) is 0 Å². The maximum absolute atomic E-state index is 5.89.